The summed E-state index contributed by atoms with van der Waals surface area (Å²) in [5, 5.41) is 3.28. The molecule has 0 aromatic heterocycles. The summed E-state index contributed by atoms with van der Waals surface area (Å²) in [6.45, 7) is 3.18. The highest BCUT2D eigenvalue weighted by Gasteiger charge is 2.15. The highest BCUT2D eigenvalue weighted by atomic mass is 79.9. The van der Waals surface area contributed by atoms with Crippen LogP contribution in [0.3, 0.4) is 0 Å². The molecular formula is C12H16BrNOS. The summed E-state index contributed by atoms with van der Waals surface area (Å²) in [5.74, 6) is 4.16. The van der Waals surface area contributed by atoms with Crippen LogP contribution in [0, 0.1) is 5.92 Å². The molecule has 1 aromatic carbocycles. The summed E-state index contributed by atoms with van der Waals surface area (Å²) >= 11 is 5.41. The van der Waals surface area contributed by atoms with Gasteiger partial charge in [0.25, 0.3) is 0 Å². The Morgan fingerprint density at radius 2 is 2.31 bits per heavy atom. The predicted octanol–water partition coefficient (Wildman–Crippen LogP) is 2.78. The van der Waals surface area contributed by atoms with Gasteiger partial charge in [-0.3, -0.25) is 0 Å². The maximum absolute atomic E-state index is 5.65. The maximum Gasteiger partial charge on any atom is 0.120 e. The van der Waals surface area contributed by atoms with E-state index in [4.69, 9.17) is 4.74 Å². The summed E-state index contributed by atoms with van der Waals surface area (Å²) in [6.07, 6.45) is 0. The SMILES string of the molecule is Brc1cccc(OCCSCC2CNC2)c1. The lowest BCUT2D eigenvalue weighted by atomic mass is 10.1. The minimum atomic E-state index is 0.793. The predicted molar refractivity (Wildman–Crippen MR) is 73.3 cm³/mol. The van der Waals surface area contributed by atoms with Crippen molar-refractivity contribution >= 4 is 27.7 Å². The van der Waals surface area contributed by atoms with E-state index < -0.39 is 0 Å². The Morgan fingerprint density at radius 3 is 3.00 bits per heavy atom. The molecule has 4 heteroatoms. The maximum atomic E-state index is 5.65. The summed E-state index contributed by atoms with van der Waals surface area (Å²) in [7, 11) is 0. The third kappa shape index (κ3) is 4.00. The van der Waals surface area contributed by atoms with Gasteiger partial charge in [0.2, 0.25) is 0 Å². The van der Waals surface area contributed by atoms with Crippen LogP contribution in [0.1, 0.15) is 0 Å². The van der Waals surface area contributed by atoms with Crippen molar-refractivity contribution in [2.45, 2.75) is 0 Å². The van der Waals surface area contributed by atoms with E-state index in [1.54, 1.807) is 0 Å². The molecule has 0 aliphatic carbocycles. The largest absolute Gasteiger partial charge is 0.493 e. The van der Waals surface area contributed by atoms with Gasteiger partial charge in [-0.2, -0.15) is 11.8 Å². The molecule has 16 heavy (non-hydrogen) atoms. The smallest absolute Gasteiger partial charge is 0.120 e. The third-order valence-corrected chi connectivity index (χ3v) is 4.17. The minimum absolute atomic E-state index is 0.793. The van der Waals surface area contributed by atoms with Crippen LogP contribution in [0.2, 0.25) is 0 Å². The van der Waals surface area contributed by atoms with Gasteiger partial charge in [-0.15, -0.1) is 0 Å². The third-order valence-electron chi connectivity index (χ3n) is 2.51. The van der Waals surface area contributed by atoms with Gasteiger partial charge >= 0.3 is 0 Å². The van der Waals surface area contributed by atoms with E-state index in [1.165, 1.54) is 18.8 Å². The van der Waals surface area contributed by atoms with Gasteiger partial charge in [-0.05, 0) is 43.0 Å². The average Bonchev–Trinajstić information content (AvgIpc) is 2.20. The topological polar surface area (TPSA) is 21.3 Å². The van der Waals surface area contributed by atoms with Gasteiger partial charge in [0.15, 0.2) is 0 Å². The molecule has 0 spiro atoms. The Hall–Kier alpha value is -0.190. The van der Waals surface area contributed by atoms with Crippen molar-refractivity contribution in [3.8, 4) is 5.75 Å². The zero-order valence-electron chi connectivity index (χ0n) is 9.12. The van der Waals surface area contributed by atoms with E-state index in [-0.39, 0.29) is 0 Å². The molecule has 1 fully saturated rings. The molecule has 0 unspecified atom stereocenters. The second-order valence-corrected chi connectivity index (χ2v) is 5.97. The van der Waals surface area contributed by atoms with Crippen LogP contribution in [0.15, 0.2) is 28.7 Å². The van der Waals surface area contributed by atoms with Gasteiger partial charge < -0.3 is 10.1 Å². The van der Waals surface area contributed by atoms with Crippen LogP contribution in [0.4, 0.5) is 0 Å². The summed E-state index contributed by atoms with van der Waals surface area (Å²) in [5.41, 5.74) is 0. The first-order chi connectivity index (χ1) is 7.84. The molecule has 0 bridgehead atoms. The zero-order valence-corrected chi connectivity index (χ0v) is 11.5. The van der Waals surface area contributed by atoms with Crippen molar-refractivity contribution in [3.63, 3.8) is 0 Å². The molecule has 1 heterocycles. The van der Waals surface area contributed by atoms with Gasteiger partial charge in [0.1, 0.15) is 5.75 Å². The number of rotatable bonds is 6. The second kappa shape index (κ2) is 6.52. The molecule has 0 saturated carbocycles. The van der Waals surface area contributed by atoms with E-state index >= 15 is 0 Å². The molecule has 2 rings (SSSR count). The normalized spacial score (nSPS) is 15.8. The summed E-state index contributed by atoms with van der Waals surface area (Å²) in [4.78, 5) is 0. The first-order valence-corrected chi connectivity index (χ1v) is 7.46. The molecule has 0 atom stereocenters. The fraction of sp³-hybridized carbons (Fsp3) is 0.500. The van der Waals surface area contributed by atoms with E-state index in [0.29, 0.717) is 0 Å². The fourth-order valence-corrected chi connectivity index (χ4v) is 2.81. The van der Waals surface area contributed by atoms with Crippen LogP contribution in [-0.2, 0) is 0 Å². The van der Waals surface area contributed by atoms with Crippen molar-refractivity contribution in [1.82, 2.24) is 5.32 Å². The molecule has 88 valence electrons. The van der Waals surface area contributed by atoms with Crippen LogP contribution >= 0.6 is 27.7 Å². The highest BCUT2D eigenvalue weighted by molar-refractivity contribution is 9.10. The lowest BCUT2D eigenvalue weighted by molar-refractivity contribution is 0.343. The number of halogens is 1. The first-order valence-electron chi connectivity index (χ1n) is 5.51. The molecule has 1 N–H and O–H groups in total. The molecular weight excluding hydrogens is 286 g/mol. The number of thioether (sulfide) groups is 1. The van der Waals surface area contributed by atoms with E-state index in [1.807, 2.05) is 36.0 Å². The molecule has 2 nitrogen and oxygen atoms in total. The fourth-order valence-electron chi connectivity index (χ4n) is 1.49. The van der Waals surface area contributed by atoms with Crippen molar-refractivity contribution in [3.05, 3.63) is 28.7 Å². The molecule has 1 aromatic rings. The number of hydrogen-bond acceptors (Lipinski definition) is 3. The Morgan fingerprint density at radius 1 is 1.44 bits per heavy atom. The molecule has 1 saturated heterocycles. The highest BCUT2D eigenvalue weighted by Crippen LogP contribution is 2.18. The van der Waals surface area contributed by atoms with Crippen molar-refractivity contribution in [2.75, 3.05) is 31.2 Å². The zero-order chi connectivity index (χ0) is 11.2. The van der Waals surface area contributed by atoms with Crippen LogP contribution < -0.4 is 10.1 Å². The Kier molecular flexibility index (Phi) is 5.00. The first kappa shape index (κ1) is 12.3. The standard InChI is InChI=1S/C12H16BrNOS/c13-11-2-1-3-12(6-11)15-4-5-16-9-10-7-14-8-10/h1-3,6,10,14H,4-5,7-9H2. The minimum Gasteiger partial charge on any atom is -0.493 e. The average molecular weight is 302 g/mol. The van der Waals surface area contributed by atoms with E-state index in [2.05, 4.69) is 21.2 Å². The number of benzene rings is 1. The van der Waals surface area contributed by atoms with Crippen molar-refractivity contribution in [2.24, 2.45) is 5.92 Å². The molecule has 1 aliphatic rings. The van der Waals surface area contributed by atoms with E-state index in [9.17, 15) is 0 Å². The van der Waals surface area contributed by atoms with Gasteiger partial charge in [0, 0.05) is 10.2 Å². The number of nitrogens with one attached hydrogen (secondary N) is 1. The Labute approximate surface area is 109 Å². The van der Waals surface area contributed by atoms with Gasteiger partial charge in [-0.1, -0.05) is 22.0 Å². The monoisotopic (exact) mass is 301 g/mol. The second-order valence-electron chi connectivity index (χ2n) is 3.91. The Balaban J connectivity index is 1.56. The summed E-state index contributed by atoms with van der Waals surface area (Å²) < 4.78 is 6.72. The number of hydrogen-bond donors (Lipinski definition) is 1. The van der Waals surface area contributed by atoms with Crippen molar-refractivity contribution in [1.29, 1.82) is 0 Å². The molecule has 0 radical (unpaired) electrons. The van der Waals surface area contributed by atoms with Gasteiger partial charge in [-0.25, -0.2) is 0 Å². The van der Waals surface area contributed by atoms with Gasteiger partial charge in [0.05, 0.1) is 6.61 Å². The van der Waals surface area contributed by atoms with Crippen LogP contribution in [-0.4, -0.2) is 31.2 Å². The molecule has 0 amide bonds. The summed E-state index contributed by atoms with van der Waals surface area (Å²) in [6, 6.07) is 7.99. The van der Waals surface area contributed by atoms with Crippen molar-refractivity contribution < 1.29 is 4.74 Å². The Bertz CT molecular complexity index is 331. The van der Waals surface area contributed by atoms with E-state index in [0.717, 1.165) is 28.5 Å². The molecule has 1 aliphatic heterocycles. The lowest BCUT2D eigenvalue weighted by Crippen LogP contribution is -2.43. The lowest BCUT2D eigenvalue weighted by Gasteiger charge is -2.26. The quantitative estimate of drug-likeness (QED) is 0.817. The number of ether oxygens (including phenoxy) is 1. The van der Waals surface area contributed by atoms with Crippen LogP contribution in [0.25, 0.3) is 0 Å². The van der Waals surface area contributed by atoms with Crippen LogP contribution in [0.5, 0.6) is 5.75 Å².